The van der Waals surface area contributed by atoms with Crippen LogP contribution in [0.4, 0.5) is 0 Å². The van der Waals surface area contributed by atoms with E-state index in [9.17, 15) is 9.59 Å². The number of carbonyl (C=O) groups excluding carboxylic acids is 2. The lowest BCUT2D eigenvalue weighted by Gasteiger charge is -2.33. The van der Waals surface area contributed by atoms with Gasteiger partial charge in [-0.1, -0.05) is 0 Å². The van der Waals surface area contributed by atoms with Gasteiger partial charge in [-0.3, -0.25) is 4.86 Å². The number of ether oxygens (including phenoxy) is 2. The summed E-state index contributed by atoms with van der Waals surface area (Å²) in [7, 11) is 1.91. The molecule has 0 aromatic heterocycles. The van der Waals surface area contributed by atoms with Gasteiger partial charge in [-0.25, -0.2) is 14.4 Å². The van der Waals surface area contributed by atoms with Gasteiger partial charge in [-0.15, -0.1) is 0 Å². The molecule has 0 radical (unpaired) electrons. The quantitative estimate of drug-likeness (QED) is 0.517. The summed E-state index contributed by atoms with van der Waals surface area (Å²) in [5.41, 5.74) is 0.890. The minimum Gasteiger partial charge on any atom is -0.465 e. The van der Waals surface area contributed by atoms with E-state index < -0.39 is 20.4 Å². The average molecular weight is 441 g/mol. The summed E-state index contributed by atoms with van der Waals surface area (Å²) in [4.78, 5) is 35.3. The molecule has 0 bridgehead atoms. The summed E-state index contributed by atoms with van der Waals surface area (Å²) >= 11 is 0. The molecule has 0 spiro atoms. The van der Waals surface area contributed by atoms with Crippen LogP contribution in [-0.2, 0) is 9.47 Å². The highest BCUT2D eigenvalue weighted by Gasteiger charge is 2.28. The zero-order valence-corrected chi connectivity index (χ0v) is 17.9. The Morgan fingerprint density at radius 2 is 1.43 bits per heavy atom. The van der Waals surface area contributed by atoms with Crippen molar-refractivity contribution < 1.29 is 28.4 Å². The van der Waals surface area contributed by atoms with Crippen molar-refractivity contribution in [2.45, 2.75) is 0 Å². The van der Waals surface area contributed by atoms with Crippen LogP contribution in [0.5, 0.6) is 11.5 Å². The highest BCUT2D eigenvalue weighted by Crippen LogP contribution is 2.51. The van der Waals surface area contributed by atoms with Crippen molar-refractivity contribution >= 4 is 38.2 Å². The van der Waals surface area contributed by atoms with E-state index >= 15 is 0 Å². The van der Waals surface area contributed by atoms with E-state index in [4.69, 9.17) is 9.36 Å². The number of hydrogen-bond donors (Lipinski definition) is 2. The fourth-order valence-electron chi connectivity index (χ4n) is 2.10. The first-order valence-corrected chi connectivity index (χ1v) is 11.1. The maximum Gasteiger partial charge on any atom is 0.337 e. The molecule has 1 aliphatic heterocycles. The van der Waals surface area contributed by atoms with E-state index in [2.05, 4.69) is 19.2 Å². The van der Waals surface area contributed by atoms with Crippen LogP contribution in [0.1, 0.15) is 20.7 Å². The highest BCUT2D eigenvalue weighted by molar-refractivity contribution is 7.70. The van der Waals surface area contributed by atoms with E-state index in [1.807, 2.05) is 0 Å². The minimum atomic E-state index is -1.27. The molecule has 0 amide bonds. The standard InChI is InChI=1S/C16H18N3O6P3/c1-22-15(20)11-3-7-13(8-4-11)24-19-27-17-26-18-28(19)25-14-9-5-12(6-10-14)16(21)23-2/h3-10,17-18,26-27H,1-2H3. The van der Waals surface area contributed by atoms with E-state index in [1.54, 1.807) is 53.1 Å². The number of esters is 2. The van der Waals surface area contributed by atoms with Crippen molar-refractivity contribution in [3.8, 4) is 11.5 Å². The molecule has 2 aromatic rings. The van der Waals surface area contributed by atoms with Crippen LogP contribution in [0.15, 0.2) is 48.5 Å². The lowest BCUT2D eigenvalue weighted by molar-refractivity contribution is 0.0591. The van der Waals surface area contributed by atoms with Crippen LogP contribution in [-0.4, -0.2) is 30.8 Å². The molecule has 9 nitrogen and oxygen atoms in total. The molecule has 3 unspecified atom stereocenters. The number of benzene rings is 2. The van der Waals surface area contributed by atoms with Crippen LogP contribution >= 0.6 is 26.2 Å². The molecule has 2 aromatic carbocycles. The molecular weight excluding hydrogens is 423 g/mol. The Morgan fingerprint density at radius 3 is 1.96 bits per heavy atom. The smallest absolute Gasteiger partial charge is 0.337 e. The Labute approximate surface area is 166 Å². The summed E-state index contributed by atoms with van der Waals surface area (Å²) < 4.78 is 17.0. The largest absolute Gasteiger partial charge is 0.465 e. The Bertz CT molecular complexity index is 752. The number of methoxy groups -OCH3 is 2. The zero-order chi connectivity index (χ0) is 19.9. The van der Waals surface area contributed by atoms with E-state index in [1.165, 1.54) is 14.2 Å². The number of nitrogens with zero attached hydrogens (tertiary/aromatic N) is 1. The van der Waals surface area contributed by atoms with Gasteiger partial charge in [0.05, 0.1) is 34.2 Å². The first-order valence-electron chi connectivity index (χ1n) is 7.95. The summed E-state index contributed by atoms with van der Waals surface area (Å²) in [6.45, 7) is 0. The first-order chi connectivity index (χ1) is 13.6. The van der Waals surface area contributed by atoms with Gasteiger partial charge in [0.2, 0.25) is 0 Å². The fraction of sp³-hybridized carbons (Fsp3) is 0.125. The van der Waals surface area contributed by atoms with Crippen molar-refractivity contribution in [3.63, 3.8) is 0 Å². The van der Waals surface area contributed by atoms with Crippen LogP contribution in [0, 0.1) is 0 Å². The van der Waals surface area contributed by atoms with Crippen molar-refractivity contribution in [3.05, 3.63) is 59.7 Å². The summed E-state index contributed by atoms with van der Waals surface area (Å²) in [5.74, 6) is 0.348. The van der Waals surface area contributed by atoms with Crippen molar-refractivity contribution in [1.82, 2.24) is 14.3 Å². The maximum absolute atomic E-state index is 11.5. The lowest BCUT2D eigenvalue weighted by atomic mass is 10.2. The van der Waals surface area contributed by atoms with Gasteiger partial charge in [0.1, 0.15) is 11.5 Å². The third kappa shape index (κ3) is 5.36. The van der Waals surface area contributed by atoms with Gasteiger partial charge >= 0.3 is 11.9 Å². The van der Waals surface area contributed by atoms with Crippen molar-refractivity contribution in [1.29, 1.82) is 0 Å². The van der Waals surface area contributed by atoms with Crippen molar-refractivity contribution in [2.75, 3.05) is 14.2 Å². The second-order valence-electron chi connectivity index (χ2n) is 5.23. The van der Waals surface area contributed by atoms with Crippen LogP contribution in [0.3, 0.4) is 0 Å². The van der Waals surface area contributed by atoms with Gasteiger partial charge in [-0.2, -0.15) is 0 Å². The molecular formula is C16H18N3O6P3. The van der Waals surface area contributed by atoms with Crippen molar-refractivity contribution in [2.24, 2.45) is 0 Å². The second kappa shape index (κ2) is 10.1. The molecule has 3 atom stereocenters. The average Bonchev–Trinajstić information content (AvgIpc) is 2.75. The summed E-state index contributed by atoms with van der Waals surface area (Å²) in [6.07, 6.45) is 0. The predicted octanol–water partition coefficient (Wildman–Crippen LogP) is 3.37. The molecule has 1 fully saturated rings. The Morgan fingerprint density at radius 1 is 0.893 bits per heavy atom. The zero-order valence-electron chi connectivity index (χ0n) is 15.0. The first kappa shape index (κ1) is 20.9. The van der Waals surface area contributed by atoms with Gasteiger partial charge in [0.15, 0.2) is 0 Å². The maximum atomic E-state index is 11.5. The van der Waals surface area contributed by atoms with E-state index in [0.29, 0.717) is 31.5 Å². The number of nitrogens with one attached hydrogen (secondary N) is 2. The molecule has 0 saturated carbocycles. The molecule has 148 valence electrons. The van der Waals surface area contributed by atoms with Crippen LogP contribution in [0.2, 0.25) is 0 Å². The molecule has 1 heterocycles. The van der Waals surface area contributed by atoms with Gasteiger partial charge in [-0.05, 0) is 53.1 Å². The SMILES string of the molecule is COC(=O)c1ccc(ON2PNPNP2Oc2ccc(C(=O)OC)cc2)cc1. The topological polar surface area (TPSA) is 98.4 Å². The van der Waals surface area contributed by atoms with Gasteiger partial charge in [0.25, 0.3) is 8.45 Å². The van der Waals surface area contributed by atoms with E-state index in [0.717, 1.165) is 0 Å². The molecule has 1 saturated heterocycles. The van der Waals surface area contributed by atoms with Gasteiger partial charge in [0, 0.05) is 8.88 Å². The normalized spacial score (nSPS) is 18.6. The molecule has 12 heteroatoms. The Hall–Kier alpha value is -1.85. The Balaban J connectivity index is 1.65. The number of carbonyl (C=O) groups is 2. The lowest BCUT2D eigenvalue weighted by Crippen LogP contribution is -2.27. The predicted molar refractivity (Wildman–Crippen MR) is 108 cm³/mol. The number of rotatable bonds is 6. The monoisotopic (exact) mass is 441 g/mol. The fourth-order valence-corrected chi connectivity index (χ4v) is 6.46. The second-order valence-corrected chi connectivity index (χ2v) is 9.48. The third-order valence-electron chi connectivity index (χ3n) is 3.47. The minimum absolute atomic E-state index is 0.186. The van der Waals surface area contributed by atoms with Gasteiger partial charge < -0.3 is 18.8 Å². The molecule has 3 rings (SSSR count). The van der Waals surface area contributed by atoms with E-state index in [-0.39, 0.29) is 8.88 Å². The molecule has 0 aliphatic carbocycles. The Kier molecular flexibility index (Phi) is 7.51. The van der Waals surface area contributed by atoms with Crippen LogP contribution < -0.4 is 19.1 Å². The third-order valence-corrected chi connectivity index (χ3v) is 7.55. The highest BCUT2D eigenvalue weighted by atomic mass is 31.2. The number of hydrogen-bond acceptors (Lipinski definition) is 9. The molecule has 2 N–H and O–H groups in total. The molecule has 28 heavy (non-hydrogen) atoms. The molecule has 1 aliphatic rings. The summed E-state index contributed by atoms with van der Waals surface area (Å²) in [5, 5.41) is 0. The van der Waals surface area contributed by atoms with Crippen LogP contribution in [0.25, 0.3) is 0 Å². The summed E-state index contributed by atoms with van der Waals surface area (Å²) in [6, 6.07) is 13.3.